The first-order valence-corrected chi connectivity index (χ1v) is 9.79. The van der Waals surface area contributed by atoms with Crippen molar-refractivity contribution >= 4 is 23.4 Å². The van der Waals surface area contributed by atoms with Crippen molar-refractivity contribution in [3.05, 3.63) is 59.4 Å². The van der Waals surface area contributed by atoms with E-state index in [4.69, 9.17) is 0 Å². The smallest absolute Gasteiger partial charge is 0.259 e. The number of piperazine rings is 1. The third-order valence-corrected chi connectivity index (χ3v) is 5.12. The van der Waals surface area contributed by atoms with E-state index >= 15 is 0 Å². The lowest BCUT2D eigenvalue weighted by Gasteiger charge is -2.34. The van der Waals surface area contributed by atoms with Crippen LogP contribution in [0.5, 0.6) is 0 Å². The van der Waals surface area contributed by atoms with Crippen LogP contribution in [0.25, 0.3) is 0 Å². The monoisotopic (exact) mass is 394 g/mol. The van der Waals surface area contributed by atoms with Gasteiger partial charge in [-0.05, 0) is 37.6 Å². The lowest BCUT2D eigenvalue weighted by molar-refractivity contribution is -0.130. The topological polar surface area (TPSA) is 73.8 Å². The van der Waals surface area contributed by atoms with Gasteiger partial charge in [0, 0.05) is 57.7 Å². The predicted molar refractivity (Wildman–Crippen MR) is 111 cm³/mol. The molecule has 1 aliphatic heterocycles. The Kier molecular flexibility index (Phi) is 6.26. The molecule has 0 atom stereocenters. The first-order valence-electron chi connectivity index (χ1n) is 9.79. The van der Waals surface area contributed by atoms with Crippen molar-refractivity contribution in [3.63, 3.8) is 0 Å². The predicted octanol–water partition coefficient (Wildman–Crippen LogP) is 2.36. The molecule has 0 spiro atoms. The summed E-state index contributed by atoms with van der Waals surface area (Å²) in [5.74, 6) is -0.349. The number of benzene rings is 1. The highest BCUT2D eigenvalue weighted by molar-refractivity contribution is 6.07. The van der Waals surface area contributed by atoms with Crippen molar-refractivity contribution in [2.75, 3.05) is 37.6 Å². The van der Waals surface area contributed by atoms with E-state index in [-0.39, 0.29) is 17.7 Å². The molecule has 0 radical (unpaired) electrons. The van der Waals surface area contributed by atoms with Crippen LogP contribution in [0, 0.1) is 6.92 Å². The SMILES string of the molecule is CCN(C(=O)c1cncc(C(=O)N2CCN(C(C)=O)CC2)c1)c1cccc(C)c1. The van der Waals surface area contributed by atoms with E-state index in [1.165, 1.54) is 19.3 Å². The van der Waals surface area contributed by atoms with E-state index < -0.39 is 0 Å². The molecule has 7 heteroatoms. The number of amides is 3. The average molecular weight is 394 g/mol. The van der Waals surface area contributed by atoms with Gasteiger partial charge in [-0.2, -0.15) is 0 Å². The first-order chi connectivity index (χ1) is 13.9. The van der Waals surface area contributed by atoms with Gasteiger partial charge in [0.2, 0.25) is 5.91 Å². The molecular weight excluding hydrogens is 368 g/mol. The van der Waals surface area contributed by atoms with Crippen LogP contribution in [-0.2, 0) is 4.79 Å². The summed E-state index contributed by atoms with van der Waals surface area (Å²) in [4.78, 5) is 46.6. The Labute approximate surface area is 170 Å². The fourth-order valence-corrected chi connectivity index (χ4v) is 3.48. The molecule has 1 aliphatic rings. The summed E-state index contributed by atoms with van der Waals surface area (Å²) in [5.41, 5.74) is 2.64. The molecular formula is C22H26N4O3. The van der Waals surface area contributed by atoms with Crippen LogP contribution in [0.3, 0.4) is 0 Å². The first kappa shape index (κ1) is 20.5. The summed E-state index contributed by atoms with van der Waals surface area (Å²) in [6.45, 7) is 7.92. The van der Waals surface area contributed by atoms with Gasteiger partial charge in [-0.15, -0.1) is 0 Å². The van der Waals surface area contributed by atoms with Gasteiger partial charge in [-0.25, -0.2) is 0 Å². The molecule has 1 fully saturated rings. The maximum Gasteiger partial charge on any atom is 0.259 e. The average Bonchev–Trinajstić information content (AvgIpc) is 2.74. The Balaban J connectivity index is 1.77. The maximum absolute atomic E-state index is 13.1. The number of carbonyl (C=O) groups excluding carboxylic acids is 3. The molecule has 0 aliphatic carbocycles. The molecule has 152 valence electrons. The molecule has 2 heterocycles. The van der Waals surface area contributed by atoms with Gasteiger partial charge in [0.25, 0.3) is 11.8 Å². The number of hydrogen-bond donors (Lipinski definition) is 0. The van der Waals surface area contributed by atoms with Crippen LogP contribution in [0.15, 0.2) is 42.7 Å². The van der Waals surface area contributed by atoms with Gasteiger partial charge >= 0.3 is 0 Å². The van der Waals surface area contributed by atoms with Crippen molar-refractivity contribution in [1.29, 1.82) is 0 Å². The summed E-state index contributed by atoms with van der Waals surface area (Å²) < 4.78 is 0. The van der Waals surface area contributed by atoms with Crippen LogP contribution in [-0.4, -0.2) is 65.2 Å². The number of hydrogen-bond acceptors (Lipinski definition) is 4. The summed E-state index contributed by atoms with van der Waals surface area (Å²) in [6, 6.07) is 9.35. The number of carbonyl (C=O) groups is 3. The zero-order valence-electron chi connectivity index (χ0n) is 17.1. The number of anilines is 1. The zero-order chi connectivity index (χ0) is 21.0. The van der Waals surface area contributed by atoms with Crippen LogP contribution in [0.2, 0.25) is 0 Å². The zero-order valence-corrected chi connectivity index (χ0v) is 17.1. The second-order valence-electron chi connectivity index (χ2n) is 7.15. The lowest BCUT2D eigenvalue weighted by atomic mass is 10.1. The molecule has 2 aromatic rings. The standard InChI is InChI=1S/C22H26N4O3/c1-4-26(20-7-5-6-16(2)12-20)22(29)19-13-18(14-23-15-19)21(28)25-10-8-24(9-11-25)17(3)27/h5-7,12-15H,4,8-11H2,1-3H3. The van der Waals surface area contributed by atoms with Crippen molar-refractivity contribution < 1.29 is 14.4 Å². The van der Waals surface area contributed by atoms with Crippen LogP contribution in [0.1, 0.15) is 40.1 Å². The quantitative estimate of drug-likeness (QED) is 0.798. The van der Waals surface area contributed by atoms with E-state index in [1.54, 1.807) is 20.8 Å². The Morgan fingerprint density at radius 3 is 2.28 bits per heavy atom. The van der Waals surface area contributed by atoms with E-state index in [1.807, 2.05) is 38.1 Å². The van der Waals surface area contributed by atoms with Gasteiger partial charge in [-0.1, -0.05) is 12.1 Å². The molecule has 29 heavy (non-hydrogen) atoms. The molecule has 3 rings (SSSR count). The third kappa shape index (κ3) is 4.62. The Morgan fingerprint density at radius 1 is 1.00 bits per heavy atom. The van der Waals surface area contributed by atoms with Crippen molar-refractivity contribution in [3.8, 4) is 0 Å². The van der Waals surface area contributed by atoms with Gasteiger partial charge in [0.05, 0.1) is 11.1 Å². The lowest BCUT2D eigenvalue weighted by Crippen LogP contribution is -2.50. The summed E-state index contributed by atoms with van der Waals surface area (Å²) in [7, 11) is 0. The highest BCUT2D eigenvalue weighted by Gasteiger charge is 2.25. The van der Waals surface area contributed by atoms with Crippen molar-refractivity contribution in [1.82, 2.24) is 14.8 Å². The van der Waals surface area contributed by atoms with Crippen molar-refractivity contribution in [2.45, 2.75) is 20.8 Å². The molecule has 0 saturated carbocycles. The molecule has 1 aromatic carbocycles. The van der Waals surface area contributed by atoms with Crippen LogP contribution < -0.4 is 4.90 Å². The minimum atomic E-state index is -0.193. The molecule has 3 amide bonds. The third-order valence-electron chi connectivity index (χ3n) is 5.12. The summed E-state index contributed by atoms with van der Waals surface area (Å²) in [6.07, 6.45) is 2.98. The van der Waals surface area contributed by atoms with Crippen LogP contribution >= 0.6 is 0 Å². The van der Waals surface area contributed by atoms with Gasteiger partial charge in [0.1, 0.15) is 0 Å². The fourth-order valence-electron chi connectivity index (χ4n) is 3.48. The molecule has 0 unspecified atom stereocenters. The van der Waals surface area contributed by atoms with Crippen LogP contribution in [0.4, 0.5) is 5.69 Å². The van der Waals surface area contributed by atoms with E-state index in [0.29, 0.717) is 43.9 Å². The largest absolute Gasteiger partial charge is 0.339 e. The minimum Gasteiger partial charge on any atom is -0.339 e. The van der Waals surface area contributed by atoms with Gasteiger partial charge in [0.15, 0.2) is 0 Å². The number of aryl methyl sites for hydroxylation is 1. The van der Waals surface area contributed by atoms with Crippen molar-refractivity contribution in [2.24, 2.45) is 0 Å². The maximum atomic E-state index is 13.1. The molecule has 1 aromatic heterocycles. The molecule has 0 bridgehead atoms. The molecule has 1 saturated heterocycles. The number of pyridine rings is 1. The van der Waals surface area contributed by atoms with E-state index in [2.05, 4.69) is 4.98 Å². The molecule has 0 N–H and O–H groups in total. The number of aromatic nitrogens is 1. The number of nitrogens with zero attached hydrogens (tertiary/aromatic N) is 4. The highest BCUT2D eigenvalue weighted by Crippen LogP contribution is 2.19. The van der Waals surface area contributed by atoms with Gasteiger partial charge in [-0.3, -0.25) is 19.4 Å². The summed E-state index contributed by atoms with van der Waals surface area (Å²) >= 11 is 0. The summed E-state index contributed by atoms with van der Waals surface area (Å²) in [5, 5.41) is 0. The second kappa shape index (κ2) is 8.86. The van der Waals surface area contributed by atoms with E-state index in [9.17, 15) is 14.4 Å². The Bertz CT molecular complexity index is 920. The second-order valence-corrected chi connectivity index (χ2v) is 7.15. The minimum absolute atomic E-state index is 0.0159. The fraction of sp³-hybridized carbons (Fsp3) is 0.364. The highest BCUT2D eigenvalue weighted by atomic mass is 16.2. The van der Waals surface area contributed by atoms with E-state index in [0.717, 1.165) is 11.3 Å². The molecule has 7 nitrogen and oxygen atoms in total. The number of rotatable bonds is 4. The Morgan fingerprint density at radius 2 is 1.66 bits per heavy atom. The normalized spacial score (nSPS) is 13.9. The Hall–Kier alpha value is -3.22. The van der Waals surface area contributed by atoms with Gasteiger partial charge < -0.3 is 14.7 Å².